The van der Waals surface area contributed by atoms with Crippen LogP contribution in [0.5, 0.6) is 0 Å². The van der Waals surface area contributed by atoms with E-state index in [0.29, 0.717) is 5.56 Å². The summed E-state index contributed by atoms with van der Waals surface area (Å²) in [5.74, 6) is -0.826. The highest BCUT2D eigenvalue weighted by molar-refractivity contribution is 7.89. The molecule has 0 aliphatic heterocycles. The molecule has 0 spiro atoms. The molecule has 1 atom stereocenters. The number of primary amides is 1. The molecule has 5 nitrogen and oxygen atoms in total. The molecular formula is C14H12Cl2N2O3S. The Morgan fingerprint density at radius 3 is 2.32 bits per heavy atom. The first kappa shape index (κ1) is 16.8. The molecule has 8 heteroatoms. The summed E-state index contributed by atoms with van der Waals surface area (Å²) in [7, 11) is -4.07. The van der Waals surface area contributed by atoms with Gasteiger partial charge in [0.1, 0.15) is 10.9 Å². The lowest BCUT2D eigenvalue weighted by Gasteiger charge is -2.16. The van der Waals surface area contributed by atoms with Crippen molar-refractivity contribution in [1.82, 2.24) is 4.72 Å². The standard InChI is InChI=1S/C14H12Cl2N2O3S/c15-10-6-7-11(16)12(8-10)22(20,21)18-13(14(17)19)9-4-2-1-3-5-9/h1-8,13,18H,(H2,17,19)/t13-/m1/s1. The van der Waals surface area contributed by atoms with E-state index < -0.39 is 22.0 Å². The molecule has 2 rings (SSSR count). The van der Waals surface area contributed by atoms with E-state index in [-0.39, 0.29) is 14.9 Å². The summed E-state index contributed by atoms with van der Waals surface area (Å²) in [6.07, 6.45) is 0. The Morgan fingerprint density at radius 2 is 1.73 bits per heavy atom. The van der Waals surface area contributed by atoms with Gasteiger partial charge in [-0.1, -0.05) is 53.5 Å². The number of carbonyl (C=O) groups excluding carboxylic acids is 1. The van der Waals surface area contributed by atoms with Crippen LogP contribution in [-0.4, -0.2) is 14.3 Å². The third-order valence-corrected chi connectivity index (χ3v) is 5.01. The van der Waals surface area contributed by atoms with Crippen LogP contribution in [0.4, 0.5) is 0 Å². The van der Waals surface area contributed by atoms with Crippen molar-refractivity contribution < 1.29 is 13.2 Å². The van der Waals surface area contributed by atoms with Gasteiger partial charge in [-0.15, -0.1) is 0 Å². The van der Waals surface area contributed by atoms with Gasteiger partial charge in [0.2, 0.25) is 15.9 Å². The van der Waals surface area contributed by atoms with Gasteiger partial charge in [-0.3, -0.25) is 4.79 Å². The van der Waals surface area contributed by atoms with Crippen molar-refractivity contribution >= 4 is 39.1 Å². The van der Waals surface area contributed by atoms with Crippen LogP contribution in [0, 0.1) is 0 Å². The monoisotopic (exact) mass is 358 g/mol. The van der Waals surface area contributed by atoms with Gasteiger partial charge in [0, 0.05) is 5.02 Å². The van der Waals surface area contributed by atoms with E-state index in [2.05, 4.69) is 4.72 Å². The second kappa shape index (κ2) is 6.66. The summed E-state index contributed by atoms with van der Waals surface area (Å²) in [5.41, 5.74) is 5.72. The van der Waals surface area contributed by atoms with Gasteiger partial charge < -0.3 is 5.73 Å². The molecule has 0 radical (unpaired) electrons. The van der Waals surface area contributed by atoms with Crippen LogP contribution >= 0.6 is 23.2 Å². The number of hydrogen-bond acceptors (Lipinski definition) is 3. The van der Waals surface area contributed by atoms with Crippen LogP contribution in [0.3, 0.4) is 0 Å². The lowest BCUT2D eigenvalue weighted by molar-refractivity contribution is -0.119. The third kappa shape index (κ3) is 3.78. The van der Waals surface area contributed by atoms with E-state index in [1.807, 2.05) is 0 Å². The van der Waals surface area contributed by atoms with Crippen LogP contribution in [0.15, 0.2) is 53.4 Å². The van der Waals surface area contributed by atoms with Crippen molar-refractivity contribution in [2.45, 2.75) is 10.9 Å². The van der Waals surface area contributed by atoms with Crippen molar-refractivity contribution in [2.75, 3.05) is 0 Å². The second-order valence-corrected chi connectivity index (χ2v) is 6.97. The molecule has 3 N–H and O–H groups in total. The summed E-state index contributed by atoms with van der Waals surface area (Å²) < 4.78 is 27.1. The lowest BCUT2D eigenvalue weighted by atomic mass is 10.1. The van der Waals surface area contributed by atoms with E-state index in [0.717, 1.165) is 0 Å². The molecule has 0 unspecified atom stereocenters. The fraction of sp³-hybridized carbons (Fsp3) is 0.0714. The highest BCUT2D eigenvalue weighted by atomic mass is 35.5. The SMILES string of the molecule is NC(=O)[C@H](NS(=O)(=O)c1cc(Cl)ccc1Cl)c1ccccc1. The predicted molar refractivity (Wildman–Crippen MR) is 85.2 cm³/mol. The van der Waals surface area contributed by atoms with Crippen molar-refractivity contribution in [3.05, 3.63) is 64.1 Å². The van der Waals surface area contributed by atoms with E-state index in [9.17, 15) is 13.2 Å². The molecule has 0 heterocycles. The van der Waals surface area contributed by atoms with Gasteiger partial charge >= 0.3 is 0 Å². The first-order valence-corrected chi connectivity index (χ1v) is 8.37. The van der Waals surface area contributed by atoms with Crippen LogP contribution in [-0.2, 0) is 14.8 Å². The van der Waals surface area contributed by atoms with Crippen LogP contribution < -0.4 is 10.5 Å². The Kier molecular flexibility index (Phi) is 5.08. The number of rotatable bonds is 5. The van der Waals surface area contributed by atoms with E-state index in [1.165, 1.54) is 18.2 Å². The van der Waals surface area contributed by atoms with Gasteiger partial charge in [-0.25, -0.2) is 8.42 Å². The largest absolute Gasteiger partial charge is 0.368 e. The molecule has 2 aromatic rings. The fourth-order valence-electron chi connectivity index (χ4n) is 1.84. The van der Waals surface area contributed by atoms with Gasteiger partial charge in [0.15, 0.2) is 0 Å². The molecule has 0 aliphatic rings. The Hall–Kier alpha value is -1.60. The van der Waals surface area contributed by atoms with Gasteiger partial charge in [-0.2, -0.15) is 4.72 Å². The molecule has 22 heavy (non-hydrogen) atoms. The number of halogens is 2. The van der Waals surface area contributed by atoms with Gasteiger partial charge in [-0.05, 0) is 23.8 Å². The Labute approximate surface area is 138 Å². The molecule has 1 amide bonds. The van der Waals surface area contributed by atoms with E-state index >= 15 is 0 Å². The summed E-state index contributed by atoms with van der Waals surface area (Å²) in [5, 5.41) is 0.202. The van der Waals surface area contributed by atoms with Crippen molar-refractivity contribution in [2.24, 2.45) is 5.73 Å². The number of amides is 1. The topological polar surface area (TPSA) is 89.3 Å². The highest BCUT2D eigenvalue weighted by Crippen LogP contribution is 2.26. The minimum atomic E-state index is -4.07. The number of benzene rings is 2. The summed E-state index contributed by atoms with van der Waals surface area (Å²) >= 11 is 11.7. The zero-order valence-electron chi connectivity index (χ0n) is 11.2. The van der Waals surface area contributed by atoms with Crippen LogP contribution in [0.25, 0.3) is 0 Å². The highest BCUT2D eigenvalue weighted by Gasteiger charge is 2.27. The van der Waals surface area contributed by atoms with Crippen molar-refractivity contribution in [1.29, 1.82) is 0 Å². The average molecular weight is 359 g/mol. The average Bonchev–Trinajstić information content (AvgIpc) is 2.48. The van der Waals surface area contributed by atoms with E-state index in [4.69, 9.17) is 28.9 Å². The first-order valence-electron chi connectivity index (χ1n) is 6.13. The number of hydrogen-bond donors (Lipinski definition) is 2. The van der Waals surface area contributed by atoms with Gasteiger partial charge in [0.25, 0.3) is 0 Å². The predicted octanol–water partition coefficient (Wildman–Crippen LogP) is 2.50. The van der Waals surface area contributed by atoms with Crippen LogP contribution in [0.2, 0.25) is 10.0 Å². The molecule has 0 aliphatic carbocycles. The Morgan fingerprint density at radius 1 is 1.09 bits per heavy atom. The molecule has 2 aromatic carbocycles. The number of sulfonamides is 1. The Bertz CT molecular complexity index is 795. The number of nitrogens with two attached hydrogens (primary N) is 1. The molecule has 116 valence electrons. The first-order chi connectivity index (χ1) is 10.3. The molecule has 0 fully saturated rings. The van der Waals surface area contributed by atoms with Crippen molar-refractivity contribution in [3.8, 4) is 0 Å². The minimum Gasteiger partial charge on any atom is -0.368 e. The third-order valence-electron chi connectivity index (χ3n) is 2.87. The Balaban J connectivity index is 2.41. The molecule has 0 bridgehead atoms. The maximum absolute atomic E-state index is 12.4. The van der Waals surface area contributed by atoms with Crippen molar-refractivity contribution in [3.63, 3.8) is 0 Å². The molecular weight excluding hydrogens is 347 g/mol. The van der Waals surface area contributed by atoms with Gasteiger partial charge in [0.05, 0.1) is 5.02 Å². The fourth-order valence-corrected chi connectivity index (χ4v) is 3.79. The summed E-state index contributed by atoms with van der Waals surface area (Å²) in [6.45, 7) is 0. The van der Waals surface area contributed by atoms with Crippen LogP contribution in [0.1, 0.15) is 11.6 Å². The maximum Gasteiger partial charge on any atom is 0.243 e. The number of nitrogens with one attached hydrogen (secondary N) is 1. The second-order valence-electron chi connectivity index (χ2n) is 4.44. The zero-order valence-corrected chi connectivity index (χ0v) is 13.5. The smallest absolute Gasteiger partial charge is 0.243 e. The quantitative estimate of drug-likeness (QED) is 0.860. The van der Waals surface area contributed by atoms with E-state index in [1.54, 1.807) is 30.3 Å². The molecule has 0 saturated heterocycles. The molecule has 0 saturated carbocycles. The number of carbonyl (C=O) groups is 1. The maximum atomic E-state index is 12.4. The minimum absolute atomic E-state index is 0.00631. The zero-order chi connectivity index (χ0) is 16.3. The summed E-state index contributed by atoms with van der Waals surface area (Å²) in [6, 6.07) is 11.1. The summed E-state index contributed by atoms with van der Waals surface area (Å²) in [4.78, 5) is 11.4. The normalized spacial score (nSPS) is 12.8. The lowest BCUT2D eigenvalue weighted by Crippen LogP contribution is -2.37. The molecule has 0 aromatic heterocycles.